The zero-order valence-electron chi connectivity index (χ0n) is 16.3. The summed E-state index contributed by atoms with van der Waals surface area (Å²) in [7, 11) is 2.10. The van der Waals surface area contributed by atoms with Crippen molar-refractivity contribution in [2.45, 2.75) is 45.7 Å². The Labute approximate surface area is 154 Å². The second kappa shape index (κ2) is 7.15. The van der Waals surface area contributed by atoms with Gasteiger partial charge in [-0.25, -0.2) is 4.98 Å². The van der Waals surface area contributed by atoms with E-state index in [0.29, 0.717) is 12.6 Å². The summed E-state index contributed by atoms with van der Waals surface area (Å²) in [5, 5.41) is 8.74. The van der Waals surface area contributed by atoms with Crippen molar-refractivity contribution in [2.24, 2.45) is 0 Å². The molecule has 0 aromatic carbocycles. The van der Waals surface area contributed by atoms with Crippen LogP contribution < -0.4 is 10.5 Å². The quantitative estimate of drug-likeness (QED) is 0.808. The van der Waals surface area contributed by atoms with Crippen LogP contribution in [0.4, 0.5) is 5.82 Å². The van der Waals surface area contributed by atoms with Gasteiger partial charge >= 0.3 is 0 Å². The van der Waals surface area contributed by atoms with E-state index in [1.54, 1.807) is 17.0 Å². The minimum absolute atomic E-state index is 0.00958. The molecule has 0 aliphatic carbocycles. The molecule has 1 saturated heterocycles. The van der Waals surface area contributed by atoms with Crippen LogP contribution in [-0.2, 0) is 12.0 Å². The minimum atomic E-state index is 0.00958. The summed E-state index contributed by atoms with van der Waals surface area (Å²) in [6.45, 7) is 11.6. The van der Waals surface area contributed by atoms with Crippen LogP contribution in [0.2, 0.25) is 0 Å². The second-order valence-corrected chi connectivity index (χ2v) is 8.13. The highest BCUT2D eigenvalue weighted by atomic mass is 16.1. The molecule has 0 saturated carbocycles. The molecule has 0 spiro atoms. The van der Waals surface area contributed by atoms with Gasteiger partial charge in [0.25, 0.3) is 5.56 Å². The van der Waals surface area contributed by atoms with Crippen molar-refractivity contribution in [1.29, 1.82) is 0 Å². The average Bonchev–Trinajstić information content (AvgIpc) is 2.52. The molecule has 26 heavy (non-hydrogen) atoms. The van der Waals surface area contributed by atoms with Crippen LogP contribution in [0, 0.1) is 6.92 Å². The molecule has 2 aromatic rings. The zero-order valence-corrected chi connectivity index (χ0v) is 16.3. The Morgan fingerprint density at radius 1 is 1.23 bits per heavy atom. The van der Waals surface area contributed by atoms with Crippen molar-refractivity contribution in [3.8, 4) is 0 Å². The van der Waals surface area contributed by atoms with Gasteiger partial charge in [-0.3, -0.25) is 14.3 Å². The first-order chi connectivity index (χ1) is 12.2. The van der Waals surface area contributed by atoms with E-state index in [-0.39, 0.29) is 11.0 Å². The highest BCUT2D eigenvalue weighted by Gasteiger charge is 2.31. The Kier molecular flexibility index (Phi) is 5.09. The molecule has 7 nitrogen and oxygen atoms in total. The lowest BCUT2D eigenvalue weighted by atomic mass is 9.92. The number of anilines is 1. The number of aryl methyl sites for hydroxylation is 1. The van der Waals surface area contributed by atoms with Crippen molar-refractivity contribution in [3.63, 3.8) is 0 Å². The largest absolute Gasteiger partial charge is 0.352 e. The number of likely N-dealkylation sites (N-methyl/N-ethyl adjacent to an activating group) is 1. The standard InChI is InChI=1S/C19H28N6O/c1-14-10-18(26)24(13-20-14)9-8-23(5)15-11-25(12-15)17-7-6-16(21-22-17)19(2,3)4/h6-7,10,13,15H,8-9,11-12H2,1-5H3. The van der Waals surface area contributed by atoms with Crippen molar-refractivity contribution in [3.05, 3.63) is 46.3 Å². The molecule has 140 valence electrons. The average molecular weight is 356 g/mol. The molecule has 2 aromatic heterocycles. The van der Waals surface area contributed by atoms with Crippen LogP contribution in [0.5, 0.6) is 0 Å². The minimum Gasteiger partial charge on any atom is -0.352 e. The van der Waals surface area contributed by atoms with Gasteiger partial charge in [0.2, 0.25) is 0 Å². The molecule has 1 fully saturated rings. The van der Waals surface area contributed by atoms with Crippen molar-refractivity contribution in [1.82, 2.24) is 24.6 Å². The summed E-state index contributed by atoms with van der Waals surface area (Å²) in [5.74, 6) is 0.932. The Morgan fingerprint density at radius 3 is 2.54 bits per heavy atom. The van der Waals surface area contributed by atoms with Gasteiger partial charge in [0, 0.05) is 49.4 Å². The lowest BCUT2D eigenvalue weighted by Crippen LogP contribution is -2.59. The summed E-state index contributed by atoms with van der Waals surface area (Å²) >= 11 is 0. The third kappa shape index (κ3) is 4.09. The molecular formula is C19H28N6O. The van der Waals surface area contributed by atoms with E-state index >= 15 is 0 Å². The number of rotatable bonds is 5. The Bertz CT molecular complexity index is 802. The van der Waals surface area contributed by atoms with E-state index < -0.39 is 0 Å². The summed E-state index contributed by atoms with van der Waals surface area (Å²) < 4.78 is 1.66. The Morgan fingerprint density at radius 2 is 1.96 bits per heavy atom. The van der Waals surface area contributed by atoms with Crippen molar-refractivity contribution in [2.75, 3.05) is 31.6 Å². The molecule has 1 aliphatic rings. The molecule has 0 amide bonds. The van der Waals surface area contributed by atoms with Crippen LogP contribution in [0.15, 0.2) is 29.3 Å². The third-order valence-electron chi connectivity index (χ3n) is 4.94. The molecule has 0 radical (unpaired) electrons. The fourth-order valence-electron chi connectivity index (χ4n) is 2.95. The number of nitrogens with zero attached hydrogens (tertiary/aromatic N) is 6. The molecule has 7 heteroatoms. The van der Waals surface area contributed by atoms with Gasteiger partial charge in [0.15, 0.2) is 5.82 Å². The monoisotopic (exact) mass is 356 g/mol. The maximum absolute atomic E-state index is 11.9. The molecule has 3 heterocycles. The van der Waals surface area contributed by atoms with Crippen molar-refractivity contribution < 1.29 is 0 Å². The normalized spacial score (nSPS) is 15.4. The maximum Gasteiger partial charge on any atom is 0.253 e. The SMILES string of the molecule is Cc1cc(=O)n(CCN(C)C2CN(c3ccc(C(C)(C)C)nn3)C2)cn1. The third-order valence-corrected chi connectivity index (χ3v) is 4.94. The van der Waals surface area contributed by atoms with Gasteiger partial charge in [0.05, 0.1) is 12.0 Å². The van der Waals surface area contributed by atoms with E-state index in [4.69, 9.17) is 0 Å². The van der Waals surface area contributed by atoms with Gasteiger partial charge in [-0.15, -0.1) is 5.10 Å². The van der Waals surface area contributed by atoms with Gasteiger partial charge in [-0.05, 0) is 26.1 Å². The Balaban J connectivity index is 1.50. The van der Waals surface area contributed by atoms with Crippen LogP contribution in [0.3, 0.4) is 0 Å². The highest BCUT2D eigenvalue weighted by molar-refractivity contribution is 5.42. The molecule has 3 rings (SSSR count). The molecular weight excluding hydrogens is 328 g/mol. The van der Waals surface area contributed by atoms with Crippen LogP contribution in [0.25, 0.3) is 0 Å². The fraction of sp³-hybridized carbons (Fsp3) is 0.579. The van der Waals surface area contributed by atoms with E-state index in [1.807, 2.05) is 6.92 Å². The van der Waals surface area contributed by atoms with E-state index in [1.165, 1.54) is 0 Å². The first-order valence-corrected chi connectivity index (χ1v) is 9.06. The summed E-state index contributed by atoms with van der Waals surface area (Å²) in [6, 6.07) is 6.16. The lowest BCUT2D eigenvalue weighted by molar-refractivity contribution is 0.196. The van der Waals surface area contributed by atoms with E-state index in [2.05, 4.69) is 64.9 Å². The molecule has 0 unspecified atom stereocenters. The summed E-state index contributed by atoms with van der Waals surface area (Å²) in [5.41, 5.74) is 1.79. The smallest absolute Gasteiger partial charge is 0.253 e. The summed E-state index contributed by atoms with van der Waals surface area (Å²) in [4.78, 5) is 20.6. The Hall–Kier alpha value is -2.28. The van der Waals surface area contributed by atoms with Gasteiger partial charge in [0.1, 0.15) is 0 Å². The first-order valence-electron chi connectivity index (χ1n) is 9.06. The predicted octanol–water partition coefficient (Wildman–Crippen LogP) is 1.46. The van der Waals surface area contributed by atoms with Gasteiger partial charge < -0.3 is 4.90 Å². The summed E-state index contributed by atoms with van der Waals surface area (Å²) in [6.07, 6.45) is 1.63. The number of hydrogen-bond donors (Lipinski definition) is 0. The molecule has 0 N–H and O–H groups in total. The van der Waals surface area contributed by atoms with Crippen LogP contribution in [-0.4, -0.2) is 57.4 Å². The number of aromatic nitrogens is 4. The van der Waals surface area contributed by atoms with Crippen LogP contribution in [0.1, 0.15) is 32.2 Å². The number of hydrogen-bond acceptors (Lipinski definition) is 6. The van der Waals surface area contributed by atoms with Gasteiger partial charge in [-0.1, -0.05) is 20.8 Å². The maximum atomic E-state index is 11.9. The zero-order chi connectivity index (χ0) is 18.9. The van der Waals surface area contributed by atoms with E-state index in [0.717, 1.165) is 36.8 Å². The topological polar surface area (TPSA) is 67.2 Å². The first kappa shape index (κ1) is 18.5. The predicted molar refractivity (Wildman–Crippen MR) is 103 cm³/mol. The molecule has 0 bridgehead atoms. The molecule has 1 aliphatic heterocycles. The molecule has 0 atom stereocenters. The highest BCUT2D eigenvalue weighted by Crippen LogP contribution is 2.24. The van der Waals surface area contributed by atoms with Crippen molar-refractivity contribution >= 4 is 5.82 Å². The fourth-order valence-corrected chi connectivity index (χ4v) is 2.95. The van der Waals surface area contributed by atoms with E-state index in [9.17, 15) is 4.79 Å². The van der Waals surface area contributed by atoms with Crippen LogP contribution >= 0.6 is 0 Å². The van der Waals surface area contributed by atoms with Gasteiger partial charge in [-0.2, -0.15) is 5.10 Å². The second-order valence-electron chi connectivity index (χ2n) is 8.13. The lowest BCUT2D eigenvalue weighted by Gasteiger charge is -2.44.